The average molecular weight is 301 g/mol. The van der Waals surface area contributed by atoms with E-state index in [4.69, 9.17) is 5.73 Å². The molecule has 0 unspecified atom stereocenters. The zero-order valence-electron chi connectivity index (χ0n) is 12.7. The van der Waals surface area contributed by atoms with Crippen molar-refractivity contribution in [3.05, 3.63) is 0 Å². The molecule has 0 radical (unpaired) electrons. The van der Waals surface area contributed by atoms with E-state index in [9.17, 15) is 9.59 Å². The Bertz CT molecular complexity index is 328. The van der Waals surface area contributed by atoms with E-state index in [1.807, 2.05) is 25.0 Å². The summed E-state index contributed by atoms with van der Waals surface area (Å²) >= 11 is 1.71. The predicted octanol–water partition coefficient (Wildman–Crippen LogP) is 0.830. The van der Waals surface area contributed by atoms with Gasteiger partial charge in [-0.3, -0.25) is 9.59 Å². The summed E-state index contributed by atoms with van der Waals surface area (Å²) in [6.45, 7) is 5.15. The van der Waals surface area contributed by atoms with E-state index in [-0.39, 0.29) is 29.8 Å². The fraction of sp³-hybridized carbons (Fsp3) is 0.857. The molecule has 0 aliphatic carbocycles. The Labute approximate surface area is 126 Å². The lowest BCUT2D eigenvalue weighted by atomic mass is 10.0. The van der Waals surface area contributed by atoms with Crippen molar-refractivity contribution in [2.24, 2.45) is 11.7 Å². The largest absolute Gasteiger partial charge is 0.353 e. The maximum atomic E-state index is 12.1. The van der Waals surface area contributed by atoms with Crippen LogP contribution in [-0.2, 0) is 9.59 Å². The maximum Gasteiger partial charge on any atom is 0.239 e. The molecule has 3 N–H and O–H groups in total. The Morgan fingerprint density at radius 3 is 2.45 bits per heavy atom. The molecule has 1 rings (SSSR count). The molecule has 0 aromatic heterocycles. The molecule has 0 aromatic rings. The molecule has 0 spiro atoms. The van der Waals surface area contributed by atoms with Crippen molar-refractivity contribution in [1.82, 2.24) is 10.2 Å². The van der Waals surface area contributed by atoms with Gasteiger partial charge in [0.25, 0.3) is 0 Å². The fourth-order valence-corrected chi connectivity index (χ4v) is 2.70. The van der Waals surface area contributed by atoms with Gasteiger partial charge < -0.3 is 16.0 Å². The van der Waals surface area contributed by atoms with Gasteiger partial charge in [-0.25, -0.2) is 0 Å². The van der Waals surface area contributed by atoms with Gasteiger partial charge >= 0.3 is 0 Å². The molecule has 1 aliphatic rings. The normalized spacial score (nSPS) is 18.1. The second kappa shape index (κ2) is 8.52. The van der Waals surface area contributed by atoms with Crippen LogP contribution < -0.4 is 11.1 Å². The van der Waals surface area contributed by atoms with E-state index in [2.05, 4.69) is 5.32 Å². The Morgan fingerprint density at radius 1 is 1.35 bits per heavy atom. The SMILES string of the molecule is CSCC[C@H](N)C(=O)N1CCC(NC(=O)C(C)C)CC1. The molecular formula is C14H27N3O2S. The number of rotatable bonds is 6. The van der Waals surface area contributed by atoms with Crippen molar-refractivity contribution in [2.45, 2.75) is 45.2 Å². The lowest BCUT2D eigenvalue weighted by Gasteiger charge is -2.34. The third kappa shape index (κ3) is 5.32. The molecule has 1 aliphatic heterocycles. The van der Waals surface area contributed by atoms with Crippen molar-refractivity contribution in [1.29, 1.82) is 0 Å². The van der Waals surface area contributed by atoms with Crippen molar-refractivity contribution in [2.75, 3.05) is 25.1 Å². The Balaban J connectivity index is 2.34. The van der Waals surface area contributed by atoms with Crippen LogP contribution >= 0.6 is 11.8 Å². The van der Waals surface area contributed by atoms with E-state index >= 15 is 0 Å². The van der Waals surface area contributed by atoms with Gasteiger partial charge in [0, 0.05) is 25.0 Å². The summed E-state index contributed by atoms with van der Waals surface area (Å²) in [5.74, 6) is 1.06. The topological polar surface area (TPSA) is 75.4 Å². The highest BCUT2D eigenvalue weighted by molar-refractivity contribution is 7.98. The third-order valence-electron chi connectivity index (χ3n) is 3.63. The summed E-state index contributed by atoms with van der Waals surface area (Å²) in [4.78, 5) is 25.6. The van der Waals surface area contributed by atoms with Crippen molar-refractivity contribution >= 4 is 23.6 Å². The van der Waals surface area contributed by atoms with Gasteiger partial charge in [0.2, 0.25) is 11.8 Å². The van der Waals surface area contributed by atoms with Crippen LogP contribution in [0.2, 0.25) is 0 Å². The molecular weight excluding hydrogens is 274 g/mol. The molecule has 2 amide bonds. The molecule has 1 saturated heterocycles. The van der Waals surface area contributed by atoms with Crippen LogP contribution in [0.1, 0.15) is 33.1 Å². The summed E-state index contributed by atoms with van der Waals surface area (Å²) < 4.78 is 0. The van der Waals surface area contributed by atoms with Crippen LogP contribution in [-0.4, -0.2) is 53.9 Å². The zero-order chi connectivity index (χ0) is 15.1. The number of hydrogen-bond donors (Lipinski definition) is 2. The van der Waals surface area contributed by atoms with Crippen LogP contribution in [0.3, 0.4) is 0 Å². The van der Waals surface area contributed by atoms with Crippen molar-refractivity contribution in [3.8, 4) is 0 Å². The highest BCUT2D eigenvalue weighted by atomic mass is 32.2. The number of piperidine rings is 1. The van der Waals surface area contributed by atoms with Gasteiger partial charge in [0.1, 0.15) is 0 Å². The fourth-order valence-electron chi connectivity index (χ4n) is 2.21. The third-order valence-corrected chi connectivity index (χ3v) is 4.27. The number of likely N-dealkylation sites (tertiary alicyclic amines) is 1. The monoisotopic (exact) mass is 301 g/mol. The summed E-state index contributed by atoms with van der Waals surface area (Å²) in [6, 6.07) is -0.194. The molecule has 5 nitrogen and oxygen atoms in total. The lowest BCUT2D eigenvalue weighted by molar-refractivity contribution is -0.133. The highest BCUT2D eigenvalue weighted by Crippen LogP contribution is 2.13. The van der Waals surface area contributed by atoms with Gasteiger partial charge in [-0.2, -0.15) is 11.8 Å². The molecule has 1 heterocycles. The Kier molecular flexibility index (Phi) is 7.37. The van der Waals surface area contributed by atoms with Gasteiger partial charge in [0.05, 0.1) is 6.04 Å². The van der Waals surface area contributed by atoms with Crippen LogP contribution in [0.5, 0.6) is 0 Å². The lowest BCUT2D eigenvalue weighted by Crippen LogP contribution is -2.51. The van der Waals surface area contributed by atoms with Gasteiger partial charge in [-0.05, 0) is 31.3 Å². The summed E-state index contributed by atoms with van der Waals surface area (Å²) in [5, 5.41) is 3.03. The van der Waals surface area contributed by atoms with E-state index in [1.54, 1.807) is 11.8 Å². The number of hydrogen-bond acceptors (Lipinski definition) is 4. The summed E-state index contributed by atoms with van der Waals surface area (Å²) in [7, 11) is 0. The maximum absolute atomic E-state index is 12.1. The molecule has 20 heavy (non-hydrogen) atoms. The van der Waals surface area contributed by atoms with E-state index in [1.165, 1.54) is 0 Å². The number of nitrogens with zero attached hydrogens (tertiary/aromatic N) is 1. The number of thioether (sulfide) groups is 1. The zero-order valence-corrected chi connectivity index (χ0v) is 13.5. The predicted molar refractivity (Wildman–Crippen MR) is 83.6 cm³/mol. The number of carbonyl (C=O) groups excluding carboxylic acids is 2. The van der Waals surface area contributed by atoms with Crippen LogP contribution in [0.25, 0.3) is 0 Å². The quantitative estimate of drug-likeness (QED) is 0.762. The van der Waals surface area contributed by atoms with Gasteiger partial charge in [-0.15, -0.1) is 0 Å². The molecule has 0 bridgehead atoms. The van der Waals surface area contributed by atoms with Crippen molar-refractivity contribution < 1.29 is 9.59 Å². The van der Waals surface area contributed by atoms with E-state index in [0.29, 0.717) is 13.1 Å². The minimum Gasteiger partial charge on any atom is -0.353 e. The average Bonchev–Trinajstić information content (AvgIpc) is 2.44. The van der Waals surface area contributed by atoms with Crippen LogP contribution in [0.15, 0.2) is 0 Å². The first-order valence-corrected chi connectivity index (χ1v) is 8.68. The summed E-state index contributed by atoms with van der Waals surface area (Å²) in [5.41, 5.74) is 5.91. The first-order chi connectivity index (χ1) is 9.45. The number of nitrogens with one attached hydrogen (secondary N) is 1. The minimum atomic E-state index is -0.385. The molecule has 6 heteroatoms. The molecule has 116 valence electrons. The van der Waals surface area contributed by atoms with E-state index < -0.39 is 0 Å². The Hall–Kier alpha value is -0.750. The second-order valence-electron chi connectivity index (χ2n) is 5.65. The Morgan fingerprint density at radius 2 is 1.95 bits per heavy atom. The number of amides is 2. The summed E-state index contributed by atoms with van der Waals surface area (Å²) in [6.07, 6.45) is 4.38. The molecule has 0 aromatic carbocycles. The van der Waals surface area contributed by atoms with E-state index in [0.717, 1.165) is 25.0 Å². The van der Waals surface area contributed by atoms with Crippen LogP contribution in [0.4, 0.5) is 0 Å². The standard InChI is InChI=1S/C14H27N3O2S/c1-10(2)13(18)16-11-4-7-17(8-5-11)14(19)12(15)6-9-20-3/h10-12H,4-9,15H2,1-3H3,(H,16,18)/t12-/m0/s1. The second-order valence-corrected chi connectivity index (χ2v) is 6.64. The smallest absolute Gasteiger partial charge is 0.239 e. The molecule has 1 atom stereocenters. The van der Waals surface area contributed by atoms with Gasteiger partial charge in [-0.1, -0.05) is 13.8 Å². The highest BCUT2D eigenvalue weighted by Gasteiger charge is 2.27. The first-order valence-electron chi connectivity index (χ1n) is 7.29. The molecule has 1 fully saturated rings. The van der Waals surface area contributed by atoms with Gasteiger partial charge in [0.15, 0.2) is 0 Å². The first kappa shape index (κ1) is 17.3. The molecule has 0 saturated carbocycles. The van der Waals surface area contributed by atoms with Crippen molar-refractivity contribution in [3.63, 3.8) is 0 Å². The number of carbonyl (C=O) groups is 2. The number of nitrogens with two attached hydrogens (primary N) is 1. The van der Waals surface area contributed by atoms with Crippen LogP contribution in [0, 0.1) is 5.92 Å². The minimum absolute atomic E-state index is 0.00891.